The number of benzene rings is 2. The van der Waals surface area contributed by atoms with Crippen molar-refractivity contribution >= 4 is 32.1 Å². The summed E-state index contributed by atoms with van der Waals surface area (Å²) in [5.74, 6) is 8.27. The van der Waals surface area contributed by atoms with Crippen molar-refractivity contribution in [3.05, 3.63) is 65.4 Å². The van der Waals surface area contributed by atoms with Crippen molar-refractivity contribution in [1.29, 1.82) is 0 Å². The standard InChI is InChI=1S/C29H35N4O4P/c1-29(2,3)26-20-27(32-37-26)31-28(34)30-24-12-9-22(19-25(24)38)6-5-21-7-10-23(11-8-21)36-16-4-13-33-14-17-35-18-15-33/h7-12,19-20H,4,13-18,38H2,1-3H3,(H2,30,31,32,34). The summed E-state index contributed by atoms with van der Waals surface area (Å²) in [5.41, 5.74) is 2.22. The summed E-state index contributed by atoms with van der Waals surface area (Å²) in [4.78, 5) is 14.8. The van der Waals surface area contributed by atoms with Gasteiger partial charge in [0.15, 0.2) is 5.82 Å². The highest BCUT2D eigenvalue weighted by molar-refractivity contribution is 7.28. The van der Waals surface area contributed by atoms with Crippen molar-refractivity contribution in [3.63, 3.8) is 0 Å². The number of anilines is 2. The Bertz CT molecular complexity index is 1280. The van der Waals surface area contributed by atoms with Gasteiger partial charge in [-0.1, -0.05) is 37.8 Å². The quantitative estimate of drug-likeness (QED) is 0.261. The van der Waals surface area contributed by atoms with Crippen molar-refractivity contribution in [2.75, 3.05) is 50.1 Å². The first kappa shape index (κ1) is 27.7. The smallest absolute Gasteiger partial charge is 0.324 e. The molecule has 9 heteroatoms. The second kappa shape index (κ2) is 12.9. The topological polar surface area (TPSA) is 88.9 Å². The molecule has 200 valence electrons. The molecule has 4 rings (SSSR count). The molecule has 2 heterocycles. The van der Waals surface area contributed by atoms with Crippen LogP contribution in [0.25, 0.3) is 0 Å². The number of amides is 2. The lowest BCUT2D eigenvalue weighted by Gasteiger charge is -2.26. The molecular formula is C29H35N4O4P. The normalized spacial score (nSPS) is 13.9. The fourth-order valence-corrected chi connectivity index (χ4v) is 4.14. The summed E-state index contributed by atoms with van der Waals surface area (Å²) in [6, 6.07) is 14.7. The van der Waals surface area contributed by atoms with Crippen LogP contribution in [0.3, 0.4) is 0 Å². The molecule has 2 N–H and O–H groups in total. The Labute approximate surface area is 226 Å². The van der Waals surface area contributed by atoms with Crippen LogP contribution < -0.4 is 20.7 Å². The lowest BCUT2D eigenvalue weighted by Crippen LogP contribution is -2.37. The average Bonchev–Trinajstić information content (AvgIpc) is 3.37. The Kier molecular flexibility index (Phi) is 9.41. The lowest BCUT2D eigenvalue weighted by atomic mass is 9.93. The monoisotopic (exact) mass is 534 g/mol. The predicted molar refractivity (Wildman–Crippen MR) is 153 cm³/mol. The molecule has 3 aromatic rings. The van der Waals surface area contributed by atoms with Crippen molar-refractivity contribution in [2.45, 2.75) is 32.6 Å². The second-order valence-electron chi connectivity index (χ2n) is 10.1. The van der Waals surface area contributed by atoms with Crippen LogP contribution in [0, 0.1) is 11.8 Å². The number of nitrogens with zero attached hydrogens (tertiary/aromatic N) is 2. The van der Waals surface area contributed by atoms with E-state index in [1.165, 1.54) is 0 Å². The van der Waals surface area contributed by atoms with E-state index in [2.05, 4.69) is 41.8 Å². The van der Waals surface area contributed by atoms with E-state index < -0.39 is 6.03 Å². The summed E-state index contributed by atoms with van der Waals surface area (Å²) in [5, 5.41) is 10.3. The van der Waals surface area contributed by atoms with Gasteiger partial charge in [0.1, 0.15) is 11.5 Å². The van der Waals surface area contributed by atoms with Crippen LogP contribution in [0.1, 0.15) is 44.1 Å². The maximum Gasteiger partial charge on any atom is 0.324 e. The summed E-state index contributed by atoms with van der Waals surface area (Å²) >= 11 is 0. The number of hydrogen-bond acceptors (Lipinski definition) is 6. The second-order valence-corrected chi connectivity index (χ2v) is 10.8. The zero-order chi connectivity index (χ0) is 27.0. The molecule has 0 bridgehead atoms. The fourth-order valence-electron chi connectivity index (χ4n) is 3.79. The zero-order valence-electron chi connectivity index (χ0n) is 22.2. The number of carbonyl (C=O) groups excluding carboxylic acids is 1. The van der Waals surface area contributed by atoms with Crippen LogP contribution in [-0.4, -0.2) is 55.5 Å². The van der Waals surface area contributed by atoms with Gasteiger partial charge in [-0.3, -0.25) is 10.2 Å². The number of morpholine rings is 1. The molecule has 1 fully saturated rings. The van der Waals surface area contributed by atoms with Crippen LogP contribution in [0.15, 0.2) is 53.1 Å². The van der Waals surface area contributed by atoms with Gasteiger partial charge in [-0.05, 0) is 54.2 Å². The summed E-state index contributed by atoms with van der Waals surface area (Å²) in [7, 11) is 2.63. The third kappa shape index (κ3) is 8.32. The number of ether oxygens (including phenoxy) is 2. The highest BCUT2D eigenvalue weighted by Crippen LogP contribution is 2.24. The van der Waals surface area contributed by atoms with Crippen LogP contribution >= 0.6 is 9.24 Å². The van der Waals surface area contributed by atoms with Crippen LogP contribution in [0.2, 0.25) is 0 Å². The van der Waals surface area contributed by atoms with Gasteiger partial charge in [-0.15, -0.1) is 9.24 Å². The highest BCUT2D eigenvalue weighted by Gasteiger charge is 2.20. The van der Waals surface area contributed by atoms with Crippen LogP contribution in [-0.2, 0) is 10.2 Å². The van der Waals surface area contributed by atoms with E-state index in [4.69, 9.17) is 14.0 Å². The molecule has 1 aliphatic rings. The van der Waals surface area contributed by atoms with Crippen molar-refractivity contribution in [1.82, 2.24) is 10.1 Å². The van der Waals surface area contributed by atoms with E-state index in [1.54, 1.807) is 6.07 Å². The van der Waals surface area contributed by atoms with Crippen molar-refractivity contribution < 1.29 is 18.8 Å². The third-order valence-corrected chi connectivity index (χ3v) is 6.46. The number of nitrogens with one attached hydrogen (secondary N) is 2. The highest BCUT2D eigenvalue weighted by atomic mass is 31.0. The number of hydrogen-bond donors (Lipinski definition) is 2. The number of urea groups is 1. The Morgan fingerprint density at radius 1 is 1.05 bits per heavy atom. The molecule has 0 saturated carbocycles. The summed E-state index contributed by atoms with van der Waals surface area (Å²) in [6.45, 7) is 11.4. The molecule has 38 heavy (non-hydrogen) atoms. The maximum atomic E-state index is 12.4. The van der Waals surface area contributed by atoms with E-state index >= 15 is 0 Å². The summed E-state index contributed by atoms with van der Waals surface area (Å²) in [6.07, 6.45) is 0.990. The summed E-state index contributed by atoms with van der Waals surface area (Å²) < 4.78 is 16.6. The minimum Gasteiger partial charge on any atom is -0.494 e. The van der Waals surface area contributed by atoms with Gasteiger partial charge < -0.3 is 19.3 Å². The van der Waals surface area contributed by atoms with Gasteiger partial charge in [0.05, 0.1) is 19.8 Å². The molecule has 1 unspecified atom stereocenters. The van der Waals surface area contributed by atoms with Gasteiger partial charge >= 0.3 is 6.03 Å². The molecular weight excluding hydrogens is 499 g/mol. The van der Waals surface area contributed by atoms with Crippen molar-refractivity contribution in [3.8, 4) is 17.6 Å². The largest absolute Gasteiger partial charge is 0.494 e. The Morgan fingerprint density at radius 2 is 1.76 bits per heavy atom. The Balaban J connectivity index is 1.25. The molecule has 0 aliphatic carbocycles. The minimum absolute atomic E-state index is 0.188. The lowest BCUT2D eigenvalue weighted by molar-refractivity contribution is 0.0358. The van der Waals surface area contributed by atoms with Gasteiger partial charge in [0.25, 0.3) is 0 Å². The number of aromatic nitrogens is 1. The Morgan fingerprint density at radius 3 is 2.45 bits per heavy atom. The van der Waals surface area contributed by atoms with E-state index in [-0.39, 0.29) is 5.41 Å². The van der Waals surface area contributed by atoms with Gasteiger partial charge in [0.2, 0.25) is 0 Å². The number of rotatable bonds is 7. The van der Waals surface area contributed by atoms with Gasteiger partial charge in [0, 0.05) is 47.9 Å². The van der Waals surface area contributed by atoms with Crippen molar-refractivity contribution in [2.24, 2.45) is 0 Å². The molecule has 1 aromatic heterocycles. The van der Waals surface area contributed by atoms with E-state index in [0.29, 0.717) is 23.9 Å². The van der Waals surface area contributed by atoms with Gasteiger partial charge in [-0.25, -0.2) is 4.79 Å². The van der Waals surface area contributed by atoms with Crippen LogP contribution in [0.4, 0.5) is 16.3 Å². The number of carbonyl (C=O) groups is 1. The maximum absolute atomic E-state index is 12.4. The molecule has 1 aliphatic heterocycles. The van der Waals surface area contributed by atoms with E-state index in [0.717, 1.165) is 61.4 Å². The molecule has 2 aromatic carbocycles. The molecule has 8 nitrogen and oxygen atoms in total. The average molecular weight is 535 g/mol. The zero-order valence-corrected chi connectivity index (χ0v) is 23.3. The molecule has 2 amide bonds. The first-order valence-corrected chi connectivity index (χ1v) is 13.3. The Hall–Kier alpha value is -3.37. The predicted octanol–water partition coefficient (Wildman–Crippen LogP) is 4.62. The first-order chi connectivity index (χ1) is 18.3. The first-order valence-electron chi connectivity index (χ1n) is 12.8. The molecule has 1 atom stereocenters. The third-order valence-electron chi connectivity index (χ3n) is 5.99. The van der Waals surface area contributed by atoms with Crippen LogP contribution in [0.5, 0.6) is 5.75 Å². The SMILES string of the molecule is CC(C)(C)c1cc(NC(=O)Nc2ccc(C#Cc3ccc(OCCCN4CCOCC4)cc3)cc2P)no1. The molecule has 1 saturated heterocycles. The molecule has 0 radical (unpaired) electrons. The minimum atomic E-state index is -0.398. The van der Waals surface area contributed by atoms with E-state index in [1.807, 2.05) is 63.2 Å². The molecule has 0 spiro atoms. The van der Waals surface area contributed by atoms with Gasteiger partial charge in [-0.2, -0.15) is 0 Å². The van der Waals surface area contributed by atoms with E-state index in [9.17, 15) is 4.79 Å². The fraction of sp³-hybridized carbons (Fsp3) is 0.379.